The minimum Gasteiger partial charge on any atom is -0.395 e. The number of nitrogens with zero attached hydrogens (tertiary/aromatic N) is 5. The lowest BCUT2D eigenvalue weighted by atomic mass is 10.0. The van der Waals surface area contributed by atoms with Crippen LogP contribution in [0.4, 0.5) is 0 Å². The van der Waals surface area contributed by atoms with E-state index in [9.17, 15) is 5.11 Å². The number of hydrogen-bond acceptors (Lipinski definition) is 5. The fourth-order valence-corrected chi connectivity index (χ4v) is 3.08. The van der Waals surface area contributed by atoms with E-state index in [1.807, 2.05) is 22.9 Å². The van der Waals surface area contributed by atoms with Crippen molar-refractivity contribution in [2.24, 2.45) is 0 Å². The number of imidazole rings is 1. The van der Waals surface area contributed by atoms with Crippen LogP contribution in [0.2, 0.25) is 0 Å². The first kappa shape index (κ1) is 14.4. The van der Waals surface area contributed by atoms with Crippen LogP contribution in [-0.2, 0) is 6.54 Å². The minimum absolute atomic E-state index is 0.196. The van der Waals surface area contributed by atoms with Gasteiger partial charge in [-0.05, 0) is 39.0 Å². The number of likely N-dealkylation sites (tertiary alicyclic amines) is 1. The van der Waals surface area contributed by atoms with Crippen LogP contribution in [0.5, 0.6) is 0 Å². The van der Waals surface area contributed by atoms with Crippen LogP contribution in [0, 0.1) is 0 Å². The lowest BCUT2D eigenvalue weighted by Gasteiger charge is -2.36. The summed E-state index contributed by atoms with van der Waals surface area (Å²) < 4.78 is 2.03. The zero-order chi connectivity index (χ0) is 14.7. The third-order valence-electron chi connectivity index (χ3n) is 4.32. The quantitative estimate of drug-likeness (QED) is 0.874. The molecule has 3 rings (SSSR count). The number of aromatic nitrogens is 3. The summed E-state index contributed by atoms with van der Waals surface area (Å²) in [4.78, 5) is 13.3. The largest absolute Gasteiger partial charge is 0.395 e. The van der Waals surface area contributed by atoms with Gasteiger partial charge in [-0.25, -0.2) is 9.97 Å². The summed E-state index contributed by atoms with van der Waals surface area (Å²) in [5.41, 5.74) is 1.13. The second-order valence-electron chi connectivity index (χ2n) is 5.77. The topological polar surface area (TPSA) is 56.9 Å². The molecule has 0 bridgehead atoms. The first-order valence-electron chi connectivity index (χ1n) is 7.58. The lowest BCUT2D eigenvalue weighted by molar-refractivity contribution is 0.0929. The smallest absolute Gasteiger partial charge is 0.233 e. The van der Waals surface area contributed by atoms with Gasteiger partial charge in [0.15, 0.2) is 0 Å². The van der Waals surface area contributed by atoms with Crippen molar-refractivity contribution in [3.8, 4) is 0 Å². The van der Waals surface area contributed by atoms with Gasteiger partial charge in [0, 0.05) is 31.5 Å². The number of aliphatic hydroxyl groups is 1. The average Bonchev–Trinajstić information content (AvgIpc) is 2.91. The fourth-order valence-electron chi connectivity index (χ4n) is 3.08. The molecule has 0 unspecified atom stereocenters. The van der Waals surface area contributed by atoms with Gasteiger partial charge in [-0.3, -0.25) is 9.30 Å². The van der Waals surface area contributed by atoms with Crippen LogP contribution in [0.1, 0.15) is 18.5 Å². The molecule has 1 N–H and O–H groups in total. The molecule has 6 nitrogen and oxygen atoms in total. The van der Waals surface area contributed by atoms with E-state index in [-0.39, 0.29) is 6.61 Å². The number of fused-ring (bicyclic) bond motifs is 1. The second kappa shape index (κ2) is 6.51. The van der Waals surface area contributed by atoms with Gasteiger partial charge in [-0.15, -0.1) is 0 Å². The van der Waals surface area contributed by atoms with Crippen molar-refractivity contribution in [1.29, 1.82) is 0 Å². The molecule has 0 amide bonds. The van der Waals surface area contributed by atoms with E-state index in [0.29, 0.717) is 12.6 Å². The summed E-state index contributed by atoms with van der Waals surface area (Å²) in [7, 11) is 2.17. The predicted molar refractivity (Wildman–Crippen MR) is 81.0 cm³/mol. The molecule has 0 aliphatic carbocycles. The van der Waals surface area contributed by atoms with Crippen LogP contribution in [0.15, 0.2) is 24.7 Å². The maximum Gasteiger partial charge on any atom is 0.233 e. The van der Waals surface area contributed by atoms with E-state index in [4.69, 9.17) is 0 Å². The summed E-state index contributed by atoms with van der Waals surface area (Å²) in [5, 5.41) is 9.37. The highest BCUT2D eigenvalue weighted by Gasteiger charge is 2.23. The first-order chi connectivity index (χ1) is 10.3. The molecule has 0 radical (unpaired) electrons. The Balaban J connectivity index is 1.75. The standard InChI is InChI=1S/C15H23N5O/c1-18-7-3-13(4-8-18)19(9-10-21)12-14-11-17-15-16-5-2-6-20(14)15/h2,5-6,11,13,21H,3-4,7-10,12H2,1H3. The molecule has 3 heterocycles. The van der Waals surface area contributed by atoms with Crippen molar-refractivity contribution in [3.63, 3.8) is 0 Å². The molecule has 2 aromatic rings. The maximum atomic E-state index is 9.37. The van der Waals surface area contributed by atoms with Crippen molar-refractivity contribution in [2.75, 3.05) is 33.3 Å². The molecule has 1 aliphatic heterocycles. The van der Waals surface area contributed by atoms with Gasteiger partial charge in [0.2, 0.25) is 5.78 Å². The van der Waals surface area contributed by atoms with E-state index in [0.717, 1.165) is 43.9 Å². The second-order valence-corrected chi connectivity index (χ2v) is 5.77. The molecule has 0 aromatic carbocycles. The monoisotopic (exact) mass is 289 g/mol. The Labute approximate surface area is 125 Å². The molecular formula is C15H23N5O. The molecule has 6 heteroatoms. The zero-order valence-corrected chi connectivity index (χ0v) is 12.5. The fraction of sp³-hybridized carbons (Fsp3) is 0.600. The van der Waals surface area contributed by atoms with Gasteiger partial charge < -0.3 is 10.0 Å². The van der Waals surface area contributed by atoms with Gasteiger partial charge in [0.05, 0.1) is 18.5 Å². The van der Waals surface area contributed by atoms with Crippen LogP contribution in [0.3, 0.4) is 0 Å². The van der Waals surface area contributed by atoms with E-state index >= 15 is 0 Å². The Bertz CT molecular complexity index is 576. The van der Waals surface area contributed by atoms with E-state index in [1.165, 1.54) is 0 Å². The summed E-state index contributed by atoms with van der Waals surface area (Å²) in [5.74, 6) is 0.736. The van der Waals surface area contributed by atoms with Crippen LogP contribution in [0.25, 0.3) is 5.78 Å². The summed E-state index contributed by atoms with van der Waals surface area (Å²) in [6.07, 6.45) is 7.96. The Kier molecular flexibility index (Phi) is 4.48. The Hall–Kier alpha value is -1.50. The van der Waals surface area contributed by atoms with Gasteiger partial charge in [0.1, 0.15) is 0 Å². The van der Waals surface area contributed by atoms with Crippen LogP contribution < -0.4 is 0 Å². The Morgan fingerprint density at radius 2 is 2.14 bits per heavy atom. The summed E-state index contributed by atoms with van der Waals surface area (Å²) >= 11 is 0. The Morgan fingerprint density at radius 1 is 1.33 bits per heavy atom. The highest BCUT2D eigenvalue weighted by molar-refractivity contribution is 5.30. The first-order valence-corrected chi connectivity index (χ1v) is 7.58. The molecule has 0 saturated carbocycles. The molecular weight excluding hydrogens is 266 g/mol. The Morgan fingerprint density at radius 3 is 2.90 bits per heavy atom. The molecule has 1 fully saturated rings. The summed E-state index contributed by atoms with van der Waals surface area (Å²) in [6.45, 7) is 3.97. The van der Waals surface area contributed by atoms with Crippen molar-refractivity contribution < 1.29 is 5.11 Å². The zero-order valence-electron chi connectivity index (χ0n) is 12.5. The van der Waals surface area contributed by atoms with Crippen molar-refractivity contribution >= 4 is 5.78 Å². The molecule has 2 aromatic heterocycles. The van der Waals surface area contributed by atoms with Crippen molar-refractivity contribution in [3.05, 3.63) is 30.4 Å². The molecule has 1 aliphatic rings. The minimum atomic E-state index is 0.196. The maximum absolute atomic E-state index is 9.37. The lowest BCUT2D eigenvalue weighted by Crippen LogP contribution is -2.44. The third-order valence-corrected chi connectivity index (χ3v) is 4.32. The van der Waals surface area contributed by atoms with E-state index in [1.54, 1.807) is 6.20 Å². The van der Waals surface area contributed by atoms with Crippen LogP contribution in [-0.4, -0.2) is 68.6 Å². The van der Waals surface area contributed by atoms with Crippen LogP contribution >= 0.6 is 0 Å². The number of aliphatic hydroxyl groups excluding tert-OH is 1. The third kappa shape index (κ3) is 3.23. The van der Waals surface area contributed by atoms with Gasteiger partial charge >= 0.3 is 0 Å². The van der Waals surface area contributed by atoms with Gasteiger partial charge in [-0.1, -0.05) is 0 Å². The van der Waals surface area contributed by atoms with E-state index < -0.39 is 0 Å². The summed E-state index contributed by atoms with van der Waals surface area (Å²) in [6, 6.07) is 2.46. The van der Waals surface area contributed by atoms with Crippen molar-refractivity contribution in [2.45, 2.75) is 25.4 Å². The predicted octanol–water partition coefficient (Wildman–Crippen LogP) is 0.618. The SMILES string of the molecule is CN1CCC(N(CCO)Cc2cnc3ncccn23)CC1. The average molecular weight is 289 g/mol. The molecule has 21 heavy (non-hydrogen) atoms. The highest BCUT2D eigenvalue weighted by atomic mass is 16.3. The molecule has 0 spiro atoms. The highest BCUT2D eigenvalue weighted by Crippen LogP contribution is 2.18. The molecule has 1 saturated heterocycles. The number of hydrogen-bond donors (Lipinski definition) is 1. The number of piperidine rings is 1. The normalized spacial score (nSPS) is 17.9. The number of rotatable bonds is 5. The van der Waals surface area contributed by atoms with E-state index in [2.05, 4.69) is 26.8 Å². The molecule has 114 valence electrons. The molecule has 0 atom stereocenters. The van der Waals surface area contributed by atoms with Crippen molar-refractivity contribution in [1.82, 2.24) is 24.2 Å². The van der Waals surface area contributed by atoms with Gasteiger partial charge in [-0.2, -0.15) is 0 Å². The van der Waals surface area contributed by atoms with Gasteiger partial charge in [0.25, 0.3) is 0 Å².